The quantitative estimate of drug-likeness (QED) is 0.446. The Bertz CT molecular complexity index is 679. The fourth-order valence-corrected chi connectivity index (χ4v) is 2.30. The van der Waals surface area contributed by atoms with E-state index in [0.29, 0.717) is 4.57 Å². The molecule has 0 radical (unpaired) electrons. The first-order valence-electron chi connectivity index (χ1n) is 4.72. The second kappa shape index (κ2) is 6.06. The summed E-state index contributed by atoms with van der Waals surface area (Å²) in [6, 6.07) is 0. The van der Waals surface area contributed by atoms with E-state index in [1.54, 1.807) is 0 Å². The van der Waals surface area contributed by atoms with Gasteiger partial charge in [0, 0.05) is 12.6 Å². The van der Waals surface area contributed by atoms with Crippen LogP contribution < -0.4 is 11.3 Å². The Balaban J connectivity index is 0.00000324. The van der Waals surface area contributed by atoms with Crippen molar-refractivity contribution in [2.24, 2.45) is 12.8 Å². The number of pyridine rings is 1. The second-order valence-corrected chi connectivity index (χ2v) is 5.21. The molecule has 1 aromatic rings. The summed E-state index contributed by atoms with van der Waals surface area (Å²) in [6.45, 7) is 1.27. The van der Waals surface area contributed by atoms with Crippen LogP contribution in [0.1, 0.15) is 21.5 Å². The number of primary amides is 1. The summed E-state index contributed by atoms with van der Waals surface area (Å²) in [5.41, 5.74) is 3.45. The molecule has 8 nitrogen and oxygen atoms in total. The number of hydrogen-bond donors (Lipinski definition) is 3. The van der Waals surface area contributed by atoms with E-state index in [2.05, 4.69) is 0 Å². The second-order valence-electron chi connectivity index (χ2n) is 3.76. The molecule has 0 aliphatic rings. The predicted molar refractivity (Wildman–Crippen MR) is 69.0 cm³/mol. The molecule has 10 heteroatoms. The van der Waals surface area contributed by atoms with Crippen LogP contribution >= 0.6 is 0 Å². The van der Waals surface area contributed by atoms with Crippen LogP contribution in [0.2, 0.25) is 0 Å². The van der Waals surface area contributed by atoms with Crippen molar-refractivity contribution >= 4 is 45.6 Å². The van der Waals surface area contributed by atoms with Crippen molar-refractivity contribution in [3.05, 3.63) is 27.0 Å². The van der Waals surface area contributed by atoms with Gasteiger partial charge in [0.15, 0.2) is 5.88 Å². The summed E-state index contributed by atoms with van der Waals surface area (Å²) in [4.78, 5) is 22.8. The van der Waals surface area contributed by atoms with Crippen molar-refractivity contribution in [2.45, 2.75) is 12.7 Å². The Labute approximate surface area is 131 Å². The zero-order valence-corrected chi connectivity index (χ0v) is 10.5. The monoisotopic (exact) mass is 300 g/mol. The Morgan fingerprint density at radius 3 is 2.26 bits per heavy atom. The van der Waals surface area contributed by atoms with Gasteiger partial charge >= 0.3 is 29.6 Å². The van der Waals surface area contributed by atoms with E-state index in [1.807, 2.05) is 0 Å². The molecule has 0 saturated carbocycles. The number of nitrogens with two attached hydrogens (primary N) is 1. The average molecular weight is 300 g/mol. The minimum absolute atomic E-state index is 0. The molecule has 0 fully saturated rings. The molecule has 0 aliphatic carbocycles. The molecule has 0 atom stereocenters. The number of carbonyl (C=O) groups is 1. The van der Waals surface area contributed by atoms with Crippen molar-refractivity contribution in [3.63, 3.8) is 0 Å². The summed E-state index contributed by atoms with van der Waals surface area (Å²) < 4.78 is 31.1. The van der Waals surface area contributed by atoms with E-state index in [-0.39, 0.29) is 40.7 Å². The van der Waals surface area contributed by atoms with Crippen LogP contribution in [-0.4, -0.2) is 58.1 Å². The van der Waals surface area contributed by atoms with Crippen LogP contribution in [0.25, 0.3) is 0 Å². The Kier molecular flexibility index (Phi) is 5.78. The zero-order chi connectivity index (χ0) is 14.2. The minimum atomic E-state index is -4.42. The van der Waals surface area contributed by atoms with Crippen LogP contribution in [0.3, 0.4) is 0 Å². The van der Waals surface area contributed by atoms with E-state index in [9.17, 15) is 23.1 Å². The fraction of sp³-hybridized carbons (Fsp3) is 0.333. The SMILES string of the molecule is Cc1c(CS(=O)(=O)O)c(O)n(C)c(=O)c1C(N)=O.[NaH]. The van der Waals surface area contributed by atoms with Crippen molar-refractivity contribution in [1.29, 1.82) is 0 Å². The number of carbonyl (C=O) groups excluding carboxylic acids is 1. The third-order valence-electron chi connectivity index (χ3n) is 2.51. The number of hydrogen-bond acceptors (Lipinski definition) is 5. The van der Waals surface area contributed by atoms with Gasteiger partial charge < -0.3 is 10.8 Å². The number of nitrogens with zero attached hydrogens (tertiary/aromatic N) is 1. The summed E-state index contributed by atoms with van der Waals surface area (Å²) in [7, 11) is -3.27. The molecule has 102 valence electrons. The van der Waals surface area contributed by atoms with Crippen LogP contribution in [0.5, 0.6) is 5.88 Å². The van der Waals surface area contributed by atoms with Gasteiger partial charge in [0.1, 0.15) is 11.3 Å². The van der Waals surface area contributed by atoms with E-state index in [0.717, 1.165) is 7.05 Å². The molecular formula is C9H13N2NaO6S. The average Bonchev–Trinajstić information content (AvgIpc) is 2.20. The molecule has 1 aromatic heterocycles. The van der Waals surface area contributed by atoms with Crippen LogP contribution in [0.15, 0.2) is 4.79 Å². The van der Waals surface area contributed by atoms with E-state index in [1.165, 1.54) is 6.92 Å². The van der Waals surface area contributed by atoms with Gasteiger partial charge in [-0.05, 0) is 12.5 Å². The normalized spacial score (nSPS) is 10.9. The maximum absolute atomic E-state index is 11.7. The van der Waals surface area contributed by atoms with Crippen molar-refractivity contribution in [2.75, 3.05) is 0 Å². The van der Waals surface area contributed by atoms with Gasteiger partial charge in [-0.15, -0.1) is 0 Å². The first-order chi connectivity index (χ1) is 8.06. The first kappa shape index (κ1) is 18.1. The molecule has 0 bridgehead atoms. The van der Waals surface area contributed by atoms with Gasteiger partial charge in [-0.3, -0.25) is 18.7 Å². The number of amides is 1. The van der Waals surface area contributed by atoms with Crippen LogP contribution in [-0.2, 0) is 22.9 Å². The van der Waals surface area contributed by atoms with Gasteiger partial charge in [0.2, 0.25) is 0 Å². The molecule has 0 aromatic carbocycles. The molecular weight excluding hydrogens is 287 g/mol. The molecule has 0 spiro atoms. The van der Waals surface area contributed by atoms with E-state index >= 15 is 0 Å². The maximum atomic E-state index is 11.7. The molecule has 1 heterocycles. The van der Waals surface area contributed by atoms with Crippen molar-refractivity contribution in [3.8, 4) is 5.88 Å². The van der Waals surface area contributed by atoms with Crippen molar-refractivity contribution < 1.29 is 22.9 Å². The summed E-state index contributed by atoms with van der Waals surface area (Å²) in [5.74, 6) is -2.59. The van der Waals surface area contributed by atoms with E-state index < -0.39 is 38.8 Å². The Morgan fingerprint density at radius 2 is 1.89 bits per heavy atom. The molecule has 0 unspecified atom stereocenters. The molecule has 1 rings (SSSR count). The van der Waals surface area contributed by atoms with Gasteiger partial charge in [0.25, 0.3) is 21.6 Å². The summed E-state index contributed by atoms with van der Waals surface area (Å²) in [6.07, 6.45) is 0. The Morgan fingerprint density at radius 1 is 1.42 bits per heavy atom. The van der Waals surface area contributed by atoms with Crippen LogP contribution in [0, 0.1) is 6.92 Å². The van der Waals surface area contributed by atoms with Gasteiger partial charge in [-0.1, -0.05) is 0 Å². The topological polar surface area (TPSA) is 140 Å². The third kappa shape index (κ3) is 3.80. The van der Waals surface area contributed by atoms with E-state index in [4.69, 9.17) is 10.3 Å². The Hall–Kier alpha value is -0.870. The van der Waals surface area contributed by atoms with Gasteiger partial charge in [-0.25, -0.2) is 0 Å². The number of aromatic nitrogens is 1. The zero-order valence-electron chi connectivity index (χ0n) is 9.67. The molecule has 0 saturated heterocycles. The molecule has 1 amide bonds. The summed E-state index contributed by atoms with van der Waals surface area (Å²) in [5, 5.41) is 9.66. The fourth-order valence-electron chi connectivity index (χ4n) is 1.59. The van der Waals surface area contributed by atoms with Crippen molar-refractivity contribution in [1.82, 2.24) is 4.57 Å². The van der Waals surface area contributed by atoms with Gasteiger partial charge in [0.05, 0.1) is 0 Å². The van der Waals surface area contributed by atoms with Crippen LogP contribution in [0.4, 0.5) is 0 Å². The molecule has 0 aliphatic heterocycles. The third-order valence-corrected chi connectivity index (χ3v) is 3.16. The summed E-state index contributed by atoms with van der Waals surface area (Å²) >= 11 is 0. The predicted octanol–water partition coefficient (Wildman–Crippen LogP) is -1.76. The standard InChI is InChI=1S/C9H12N2O6S.Na.H/c1-4-5(3-18(15,16)17)8(13)11(2)9(14)6(4)7(10)12;;/h13H,3H2,1-2H3,(H2,10,12)(H,15,16,17);;. The number of aromatic hydroxyl groups is 1. The van der Waals surface area contributed by atoms with Gasteiger partial charge in [-0.2, -0.15) is 8.42 Å². The number of rotatable bonds is 3. The first-order valence-corrected chi connectivity index (χ1v) is 6.33. The molecule has 4 N–H and O–H groups in total. The molecule has 19 heavy (non-hydrogen) atoms.